The second kappa shape index (κ2) is 6.61. The standard InChI is InChI=1S/C18H22O3/c1-12-5-8-15(13(2)6-10-18(19)21-4)17-11-14(20-3)7-9-16(12)17/h5-13,15H,1-4H3/b10-6+/t12-,13-,15+/m0/s1. The van der Waals surface area contributed by atoms with Gasteiger partial charge in [0.15, 0.2) is 0 Å². The van der Waals surface area contributed by atoms with Gasteiger partial charge in [0, 0.05) is 12.0 Å². The van der Waals surface area contributed by atoms with Crippen molar-refractivity contribution in [3.63, 3.8) is 0 Å². The number of fused-ring (bicyclic) bond motifs is 1. The fourth-order valence-electron chi connectivity index (χ4n) is 2.75. The number of carbonyl (C=O) groups is 1. The van der Waals surface area contributed by atoms with Crippen molar-refractivity contribution in [1.82, 2.24) is 0 Å². The van der Waals surface area contributed by atoms with Crippen molar-refractivity contribution in [1.29, 1.82) is 0 Å². The van der Waals surface area contributed by atoms with Gasteiger partial charge >= 0.3 is 5.97 Å². The minimum Gasteiger partial charge on any atom is -0.497 e. The lowest BCUT2D eigenvalue weighted by Crippen LogP contribution is -2.14. The molecular formula is C18H22O3. The van der Waals surface area contributed by atoms with Crippen LogP contribution in [0.4, 0.5) is 0 Å². The highest BCUT2D eigenvalue weighted by Gasteiger charge is 2.24. The monoisotopic (exact) mass is 286 g/mol. The smallest absolute Gasteiger partial charge is 0.330 e. The van der Waals surface area contributed by atoms with E-state index >= 15 is 0 Å². The number of hydrogen-bond acceptors (Lipinski definition) is 3. The summed E-state index contributed by atoms with van der Waals surface area (Å²) >= 11 is 0. The fourth-order valence-corrected chi connectivity index (χ4v) is 2.75. The average molecular weight is 286 g/mol. The summed E-state index contributed by atoms with van der Waals surface area (Å²) in [7, 11) is 3.07. The summed E-state index contributed by atoms with van der Waals surface area (Å²) in [5.74, 6) is 1.40. The quantitative estimate of drug-likeness (QED) is 0.479. The number of allylic oxidation sites excluding steroid dienone is 3. The summed E-state index contributed by atoms with van der Waals surface area (Å²) in [5, 5.41) is 0. The number of esters is 1. The number of ether oxygens (including phenoxy) is 2. The van der Waals surface area contributed by atoms with Crippen molar-refractivity contribution < 1.29 is 14.3 Å². The largest absolute Gasteiger partial charge is 0.497 e. The van der Waals surface area contributed by atoms with Crippen molar-refractivity contribution >= 4 is 5.97 Å². The molecule has 21 heavy (non-hydrogen) atoms. The summed E-state index contributed by atoms with van der Waals surface area (Å²) in [6.45, 7) is 4.29. The Morgan fingerprint density at radius 3 is 2.67 bits per heavy atom. The van der Waals surface area contributed by atoms with E-state index in [2.05, 4.69) is 42.9 Å². The van der Waals surface area contributed by atoms with Crippen molar-refractivity contribution in [3.05, 3.63) is 53.6 Å². The first-order valence-electron chi connectivity index (χ1n) is 7.19. The van der Waals surface area contributed by atoms with Crippen LogP contribution >= 0.6 is 0 Å². The molecule has 0 heterocycles. The molecular weight excluding hydrogens is 264 g/mol. The van der Waals surface area contributed by atoms with Crippen LogP contribution in [0.1, 0.15) is 36.8 Å². The first-order valence-corrected chi connectivity index (χ1v) is 7.19. The second-order valence-corrected chi connectivity index (χ2v) is 5.44. The van der Waals surface area contributed by atoms with Crippen molar-refractivity contribution in [2.75, 3.05) is 14.2 Å². The highest BCUT2D eigenvalue weighted by Crippen LogP contribution is 2.39. The topological polar surface area (TPSA) is 35.5 Å². The first-order chi connectivity index (χ1) is 10.1. The molecule has 3 atom stereocenters. The van der Waals surface area contributed by atoms with Gasteiger partial charge in [0.05, 0.1) is 14.2 Å². The van der Waals surface area contributed by atoms with Gasteiger partial charge in [-0.1, -0.05) is 38.1 Å². The molecule has 0 radical (unpaired) electrons. The van der Waals surface area contributed by atoms with E-state index in [1.54, 1.807) is 7.11 Å². The van der Waals surface area contributed by atoms with Gasteiger partial charge in [-0.3, -0.25) is 0 Å². The summed E-state index contributed by atoms with van der Waals surface area (Å²) in [4.78, 5) is 11.3. The zero-order valence-electron chi connectivity index (χ0n) is 13.0. The minimum atomic E-state index is -0.319. The van der Waals surface area contributed by atoms with Crippen LogP contribution in [0.3, 0.4) is 0 Å². The van der Waals surface area contributed by atoms with E-state index in [0.717, 1.165) is 5.75 Å². The third-order valence-corrected chi connectivity index (χ3v) is 4.05. The summed E-state index contributed by atoms with van der Waals surface area (Å²) < 4.78 is 9.99. The van der Waals surface area contributed by atoms with Crippen molar-refractivity contribution in [2.45, 2.75) is 25.7 Å². The fraction of sp³-hybridized carbons (Fsp3) is 0.389. The van der Waals surface area contributed by atoms with Crippen LogP contribution in [0.5, 0.6) is 5.75 Å². The number of benzene rings is 1. The van der Waals surface area contributed by atoms with E-state index < -0.39 is 0 Å². The van der Waals surface area contributed by atoms with Crippen LogP contribution in [-0.2, 0) is 9.53 Å². The highest BCUT2D eigenvalue weighted by atomic mass is 16.5. The molecule has 1 aromatic rings. The third-order valence-electron chi connectivity index (χ3n) is 4.05. The predicted molar refractivity (Wildman–Crippen MR) is 83.6 cm³/mol. The Hall–Kier alpha value is -2.03. The predicted octanol–water partition coefficient (Wildman–Crippen LogP) is 3.82. The molecule has 0 saturated carbocycles. The van der Waals surface area contributed by atoms with Crippen LogP contribution in [0.2, 0.25) is 0 Å². The maximum Gasteiger partial charge on any atom is 0.330 e. The number of hydrogen-bond donors (Lipinski definition) is 0. The molecule has 0 N–H and O–H groups in total. The summed E-state index contributed by atoms with van der Waals surface area (Å²) in [6, 6.07) is 6.23. The van der Waals surface area contributed by atoms with Gasteiger partial charge in [0.2, 0.25) is 0 Å². The van der Waals surface area contributed by atoms with Crippen molar-refractivity contribution in [2.24, 2.45) is 5.92 Å². The molecule has 0 aliphatic heterocycles. The number of rotatable bonds is 4. The molecule has 0 unspecified atom stereocenters. The Morgan fingerprint density at radius 1 is 1.24 bits per heavy atom. The molecule has 3 heteroatoms. The highest BCUT2D eigenvalue weighted by molar-refractivity contribution is 5.81. The van der Waals surface area contributed by atoms with E-state index in [4.69, 9.17) is 4.74 Å². The molecule has 1 aliphatic carbocycles. The van der Waals surface area contributed by atoms with E-state index in [0.29, 0.717) is 5.92 Å². The van der Waals surface area contributed by atoms with E-state index in [-0.39, 0.29) is 17.8 Å². The normalized spacial score (nSPS) is 21.9. The Bertz CT molecular complexity index is 572. The van der Waals surface area contributed by atoms with Gasteiger partial charge in [0.1, 0.15) is 5.75 Å². The van der Waals surface area contributed by atoms with Gasteiger partial charge in [0.25, 0.3) is 0 Å². The minimum absolute atomic E-state index is 0.207. The van der Waals surface area contributed by atoms with E-state index in [1.807, 2.05) is 12.1 Å². The molecule has 0 fully saturated rings. The molecule has 0 bridgehead atoms. The SMILES string of the molecule is COC(=O)/C=C/[C@H](C)[C@H]1C=C[C@H](C)c2ccc(OC)cc21. The van der Waals surface area contributed by atoms with E-state index in [9.17, 15) is 4.79 Å². The molecule has 1 aromatic carbocycles. The van der Waals surface area contributed by atoms with Crippen LogP contribution in [0.15, 0.2) is 42.5 Å². The Balaban J connectivity index is 2.31. The van der Waals surface area contributed by atoms with Crippen molar-refractivity contribution in [3.8, 4) is 5.75 Å². The Morgan fingerprint density at radius 2 is 2.00 bits per heavy atom. The van der Waals surface area contributed by atoms with Crippen LogP contribution in [0.25, 0.3) is 0 Å². The molecule has 1 aliphatic rings. The maximum absolute atomic E-state index is 11.3. The lowest BCUT2D eigenvalue weighted by molar-refractivity contribution is -0.134. The molecule has 0 spiro atoms. The molecule has 3 nitrogen and oxygen atoms in total. The number of carbonyl (C=O) groups excluding carboxylic acids is 1. The molecule has 112 valence electrons. The van der Waals surface area contributed by atoms with Gasteiger partial charge < -0.3 is 9.47 Å². The second-order valence-electron chi connectivity index (χ2n) is 5.44. The third kappa shape index (κ3) is 3.35. The van der Waals surface area contributed by atoms with Gasteiger partial charge in [-0.15, -0.1) is 0 Å². The van der Waals surface area contributed by atoms with E-state index in [1.165, 1.54) is 24.3 Å². The van der Waals surface area contributed by atoms with Gasteiger partial charge in [-0.05, 0) is 35.1 Å². The zero-order chi connectivity index (χ0) is 15.4. The molecule has 0 aromatic heterocycles. The lowest BCUT2D eigenvalue weighted by Gasteiger charge is -2.28. The Kier molecular flexibility index (Phi) is 4.84. The maximum atomic E-state index is 11.3. The molecule has 0 amide bonds. The van der Waals surface area contributed by atoms with Crippen LogP contribution < -0.4 is 4.74 Å². The van der Waals surface area contributed by atoms with Gasteiger partial charge in [-0.2, -0.15) is 0 Å². The molecule has 0 saturated heterocycles. The number of methoxy groups -OCH3 is 2. The van der Waals surface area contributed by atoms with Gasteiger partial charge in [-0.25, -0.2) is 4.79 Å². The van der Waals surface area contributed by atoms with Crippen LogP contribution in [-0.4, -0.2) is 20.2 Å². The first kappa shape index (κ1) is 15.4. The summed E-state index contributed by atoms with van der Waals surface area (Å²) in [5.41, 5.74) is 2.59. The zero-order valence-corrected chi connectivity index (χ0v) is 13.0. The lowest BCUT2D eigenvalue weighted by atomic mass is 9.77. The Labute approximate surface area is 126 Å². The average Bonchev–Trinajstić information content (AvgIpc) is 2.52. The van der Waals surface area contributed by atoms with Crippen LogP contribution in [0, 0.1) is 5.92 Å². The molecule has 2 rings (SSSR count). The summed E-state index contributed by atoms with van der Waals surface area (Å²) in [6.07, 6.45) is 7.84.